The minimum atomic E-state index is -0.400. The highest BCUT2D eigenvalue weighted by Gasteiger charge is 2.46. The number of halogens is 1. The van der Waals surface area contributed by atoms with Gasteiger partial charge in [0, 0.05) is 23.0 Å². The summed E-state index contributed by atoms with van der Waals surface area (Å²) >= 11 is 6.34. The topological polar surface area (TPSA) is 102 Å². The van der Waals surface area contributed by atoms with E-state index in [1.54, 1.807) is 0 Å². The van der Waals surface area contributed by atoms with Crippen LogP contribution in [-0.4, -0.2) is 17.9 Å². The highest BCUT2D eigenvalue weighted by molar-refractivity contribution is 6.31. The molecule has 1 aliphatic carbocycles. The quantitative estimate of drug-likeness (QED) is 0.318. The Morgan fingerprint density at radius 1 is 1.21 bits per heavy atom. The van der Waals surface area contributed by atoms with Gasteiger partial charge in [-0.15, -0.1) is 0 Å². The maximum absolute atomic E-state index is 8.62. The molecule has 1 saturated carbocycles. The molecule has 0 saturated heterocycles. The molecular formula is C21H24ClN7. The summed E-state index contributed by atoms with van der Waals surface area (Å²) < 4.78 is 0. The van der Waals surface area contributed by atoms with Gasteiger partial charge >= 0.3 is 0 Å². The number of nitrogens with zero attached hydrogens (tertiary/aromatic N) is 5. The molecular weight excluding hydrogens is 386 g/mol. The lowest BCUT2D eigenvalue weighted by Crippen LogP contribution is -2.64. The van der Waals surface area contributed by atoms with Gasteiger partial charge in [-0.05, 0) is 60.9 Å². The number of aliphatic imine (C=N–C) groups is 1. The number of nitrogens with one attached hydrogen (secondary N) is 1. The van der Waals surface area contributed by atoms with E-state index in [2.05, 4.69) is 15.3 Å². The molecule has 4 rings (SSSR count). The van der Waals surface area contributed by atoms with Crippen LogP contribution in [0.1, 0.15) is 31.2 Å². The van der Waals surface area contributed by atoms with Crippen LogP contribution in [0.2, 0.25) is 5.02 Å². The fraction of sp³-hybridized carbons (Fsp3) is 0.381. The number of hydrogen-bond acceptors (Lipinski definition) is 5. The van der Waals surface area contributed by atoms with E-state index < -0.39 is 5.54 Å². The molecule has 0 amide bonds. The Labute approximate surface area is 175 Å². The number of nitrogens with two attached hydrogens (primary N) is 1. The summed E-state index contributed by atoms with van der Waals surface area (Å²) in [4.78, 5) is 7.87. The van der Waals surface area contributed by atoms with Crippen LogP contribution in [0.5, 0.6) is 0 Å². The molecule has 1 spiro atoms. The van der Waals surface area contributed by atoms with Crippen LogP contribution in [0.15, 0.2) is 58.6 Å². The number of amidine groups is 1. The predicted octanol–water partition coefficient (Wildman–Crippen LogP) is 5.09. The normalized spacial score (nSPS) is 23.2. The summed E-state index contributed by atoms with van der Waals surface area (Å²) in [5, 5.41) is 9.91. The van der Waals surface area contributed by atoms with Crippen molar-refractivity contribution in [3.8, 4) is 0 Å². The van der Waals surface area contributed by atoms with Crippen molar-refractivity contribution >= 4 is 28.8 Å². The lowest BCUT2D eigenvalue weighted by Gasteiger charge is -2.49. The van der Waals surface area contributed by atoms with E-state index in [1.165, 1.54) is 0 Å². The van der Waals surface area contributed by atoms with E-state index in [0.717, 1.165) is 53.5 Å². The van der Waals surface area contributed by atoms with Gasteiger partial charge in [-0.2, -0.15) is 0 Å². The van der Waals surface area contributed by atoms with Crippen molar-refractivity contribution in [3.63, 3.8) is 0 Å². The molecule has 150 valence electrons. The fourth-order valence-corrected chi connectivity index (χ4v) is 4.53. The monoisotopic (exact) mass is 409 g/mol. The van der Waals surface area contributed by atoms with E-state index in [0.29, 0.717) is 19.0 Å². The first kappa shape index (κ1) is 19.6. The van der Waals surface area contributed by atoms with Crippen molar-refractivity contribution in [2.45, 2.75) is 37.8 Å². The van der Waals surface area contributed by atoms with E-state index in [1.807, 2.05) is 53.5 Å². The summed E-state index contributed by atoms with van der Waals surface area (Å²) in [7, 11) is 0. The zero-order chi connectivity index (χ0) is 20.3. The van der Waals surface area contributed by atoms with E-state index >= 15 is 0 Å². The van der Waals surface area contributed by atoms with Gasteiger partial charge in [0.15, 0.2) is 0 Å². The largest absolute Gasteiger partial charge is 0.367 e. The predicted molar refractivity (Wildman–Crippen MR) is 117 cm³/mol. The van der Waals surface area contributed by atoms with E-state index in [-0.39, 0.29) is 0 Å². The standard InChI is InChI=1S/C21H24ClN7/c22-17-6-2-1-5-16(17)14-25-20-21(11-9-15(10-12-21)13-26-28-23)29(24)19-8-4-3-7-18(19)27-20/h1-8,15H,9-14,24H2,(H,25,27). The van der Waals surface area contributed by atoms with Gasteiger partial charge in [-0.3, -0.25) is 5.01 Å². The zero-order valence-corrected chi connectivity index (χ0v) is 16.9. The maximum atomic E-state index is 8.62. The Morgan fingerprint density at radius 3 is 2.69 bits per heavy atom. The smallest absolute Gasteiger partial charge is 0.130 e. The zero-order valence-electron chi connectivity index (χ0n) is 16.1. The third-order valence-electron chi connectivity index (χ3n) is 6.02. The third kappa shape index (κ3) is 3.77. The number of anilines is 1. The Kier molecular flexibility index (Phi) is 5.62. The van der Waals surface area contributed by atoms with Gasteiger partial charge in [-0.25, -0.2) is 10.8 Å². The second kappa shape index (κ2) is 8.33. The number of hydrazine groups is 1. The molecule has 1 heterocycles. The molecule has 7 nitrogen and oxygen atoms in total. The highest BCUT2D eigenvalue weighted by atomic mass is 35.5. The average Bonchev–Trinajstić information content (AvgIpc) is 2.76. The molecule has 0 bridgehead atoms. The molecule has 29 heavy (non-hydrogen) atoms. The Balaban J connectivity index is 1.63. The lowest BCUT2D eigenvalue weighted by molar-refractivity contribution is 0.276. The molecule has 2 aromatic carbocycles. The van der Waals surface area contributed by atoms with E-state index in [9.17, 15) is 0 Å². The van der Waals surface area contributed by atoms with Crippen molar-refractivity contribution in [2.24, 2.45) is 21.9 Å². The second-order valence-corrected chi connectivity index (χ2v) is 8.06. The van der Waals surface area contributed by atoms with Gasteiger partial charge in [0.2, 0.25) is 0 Å². The van der Waals surface area contributed by atoms with Crippen LogP contribution in [0.4, 0.5) is 11.4 Å². The van der Waals surface area contributed by atoms with Gasteiger partial charge in [-0.1, -0.05) is 47.0 Å². The van der Waals surface area contributed by atoms with Gasteiger partial charge in [0.05, 0.1) is 11.4 Å². The molecule has 1 aliphatic heterocycles. The Bertz CT molecular complexity index is 959. The molecule has 0 radical (unpaired) electrons. The van der Waals surface area contributed by atoms with Crippen LogP contribution in [0, 0.1) is 5.92 Å². The first-order valence-electron chi connectivity index (χ1n) is 9.85. The minimum absolute atomic E-state index is 0.381. The van der Waals surface area contributed by atoms with Crippen LogP contribution >= 0.6 is 11.6 Å². The molecule has 2 aromatic rings. The second-order valence-electron chi connectivity index (χ2n) is 7.65. The number of azide groups is 1. The Morgan fingerprint density at radius 2 is 1.93 bits per heavy atom. The highest BCUT2D eigenvalue weighted by Crippen LogP contribution is 2.44. The first-order chi connectivity index (χ1) is 14.1. The van der Waals surface area contributed by atoms with Crippen LogP contribution in [0.25, 0.3) is 10.4 Å². The van der Waals surface area contributed by atoms with Crippen molar-refractivity contribution in [3.05, 3.63) is 69.6 Å². The molecule has 0 atom stereocenters. The number of hydrogen-bond donors (Lipinski definition) is 2. The molecule has 3 N–H and O–H groups in total. The SMILES string of the molecule is [N-]=[N+]=NCC1CCC2(CC1)C(NCc1ccccc1Cl)=Nc1ccccc1N2N. The number of para-hydroxylation sites is 2. The number of fused-ring (bicyclic) bond motifs is 1. The molecule has 0 aromatic heterocycles. The van der Waals surface area contributed by atoms with Gasteiger partial charge in [0.25, 0.3) is 0 Å². The number of benzene rings is 2. The summed E-state index contributed by atoms with van der Waals surface area (Å²) in [5.74, 6) is 7.95. The summed E-state index contributed by atoms with van der Waals surface area (Å²) in [5.41, 5.74) is 11.0. The summed E-state index contributed by atoms with van der Waals surface area (Å²) in [6.45, 7) is 1.12. The van der Waals surface area contributed by atoms with Crippen molar-refractivity contribution in [2.75, 3.05) is 11.6 Å². The fourth-order valence-electron chi connectivity index (χ4n) is 4.32. The average molecular weight is 410 g/mol. The van der Waals surface area contributed by atoms with Crippen molar-refractivity contribution in [1.29, 1.82) is 0 Å². The van der Waals surface area contributed by atoms with Gasteiger partial charge in [0.1, 0.15) is 11.4 Å². The lowest BCUT2D eigenvalue weighted by atomic mass is 9.74. The van der Waals surface area contributed by atoms with Crippen molar-refractivity contribution < 1.29 is 0 Å². The molecule has 2 aliphatic rings. The van der Waals surface area contributed by atoms with E-state index in [4.69, 9.17) is 28.0 Å². The maximum Gasteiger partial charge on any atom is 0.130 e. The molecule has 8 heteroatoms. The summed E-state index contributed by atoms with van der Waals surface area (Å²) in [6.07, 6.45) is 3.55. The number of rotatable bonds is 4. The van der Waals surface area contributed by atoms with Gasteiger partial charge < -0.3 is 5.32 Å². The molecule has 1 fully saturated rings. The van der Waals surface area contributed by atoms with Crippen molar-refractivity contribution in [1.82, 2.24) is 5.32 Å². The van der Waals surface area contributed by atoms with Crippen LogP contribution in [0.3, 0.4) is 0 Å². The molecule has 0 unspecified atom stereocenters. The van der Waals surface area contributed by atoms with Crippen LogP contribution in [-0.2, 0) is 6.54 Å². The minimum Gasteiger partial charge on any atom is -0.367 e. The van der Waals surface area contributed by atoms with Crippen LogP contribution < -0.4 is 16.2 Å². The first-order valence-corrected chi connectivity index (χ1v) is 10.2. The summed E-state index contributed by atoms with van der Waals surface area (Å²) in [6, 6.07) is 15.7. The third-order valence-corrected chi connectivity index (χ3v) is 6.38. The Hall–Kier alpha value is -2.73.